The second-order valence-electron chi connectivity index (χ2n) is 4.80. The Morgan fingerprint density at radius 1 is 1.22 bits per heavy atom. The summed E-state index contributed by atoms with van der Waals surface area (Å²) in [5.74, 6) is -0.789. The Balaban J connectivity index is 2.09. The molecule has 23 heavy (non-hydrogen) atoms. The van der Waals surface area contributed by atoms with Crippen LogP contribution in [0.2, 0.25) is 0 Å². The van der Waals surface area contributed by atoms with Crippen LogP contribution in [-0.4, -0.2) is 17.9 Å². The number of ether oxygens (including phenoxy) is 1. The number of nitrogens with zero attached hydrogens (tertiary/aromatic N) is 1. The number of carbonyl (C=O) groups excluding carboxylic acids is 2. The summed E-state index contributed by atoms with van der Waals surface area (Å²) in [6.07, 6.45) is -0.846. The zero-order valence-electron chi connectivity index (χ0n) is 12.4. The lowest BCUT2D eigenvalue weighted by molar-refractivity contribution is -0.122. The summed E-state index contributed by atoms with van der Waals surface area (Å²) < 4.78 is 5.52. The van der Waals surface area contributed by atoms with Crippen LogP contribution in [-0.2, 0) is 4.79 Å². The average molecular weight is 309 g/mol. The molecule has 0 saturated carbocycles. The highest BCUT2D eigenvalue weighted by molar-refractivity contribution is 5.96. The maximum atomic E-state index is 12.2. The molecular formula is C17H15N3O3. The molecule has 2 aromatic carbocycles. The van der Waals surface area contributed by atoms with Gasteiger partial charge in [0.05, 0.1) is 17.2 Å². The topological polar surface area (TPSA) is 105 Å². The molecule has 0 aliphatic carbocycles. The van der Waals surface area contributed by atoms with Crippen LogP contribution in [0.3, 0.4) is 0 Å². The van der Waals surface area contributed by atoms with Crippen molar-refractivity contribution >= 4 is 17.5 Å². The number of nitriles is 1. The molecule has 0 bridgehead atoms. The number of primary amides is 1. The Hall–Kier alpha value is -3.33. The molecule has 0 saturated heterocycles. The minimum absolute atomic E-state index is 0.207. The number of carbonyl (C=O) groups is 2. The lowest BCUT2D eigenvalue weighted by Crippen LogP contribution is -2.30. The van der Waals surface area contributed by atoms with Crippen molar-refractivity contribution < 1.29 is 14.3 Å². The zero-order valence-corrected chi connectivity index (χ0v) is 12.4. The Bertz CT molecular complexity index is 781. The molecule has 2 amide bonds. The lowest BCUT2D eigenvalue weighted by Gasteiger charge is -2.16. The normalized spacial score (nSPS) is 11.1. The minimum Gasteiger partial charge on any atom is -0.480 e. The van der Waals surface area contributed by atoms with Crippen molar-refractivity contribution in [2.75, 3.05) is 5.32 Å². The van der Waals surface area contributed by atoms with Crippen molar-refractivity contribution in [1.82, 2.24) is 0 Å². The molecule has 6 nitrogen and oxygen atoms in total. The van der Waals surface area contributed by atoms with Crippen molar-refractivity contribution in [1.29, 1.82) is 5.26 Å². The van der Waals surface area contributed by atoms with E-state index in [1.165, 1.54) is 6.07 Å². The number of anilines is 1. The molecule has 6 heteroatoms. The maximum Gasteiger partial charge on any atom is 0.265 e. The van der Waals surface area contributed by atoms with Gasteiger partial charge in [0.1, 0.15) is 5.75 Å². The van der Waals surface area contributed by atoms with Gasteiger partial charge in [0.2, 0.25) is 0 Å². The van der Waals surface area contributed by atoms with Gasteiger partial charge in [-0.2, -0.15) is 5.26 Å². The number of nitrogens with one attached hydrogen (secondary N) is 1. The third kappa shape index (κ3) is 4.08. The van der Waals surface area contributed by atoms with Gasteiger partial charge in [-0.25, -0.2) is 0 Å². The highest BCUT2D eigenvalue weighted by atomic mass is 16.5. The van der Waals surface area contributed by atoms with Gasteiger partial charge in [-0.05, 0) is 37.3 Å². The Morgan fingerprint density at radius 2 is 1.96 bits per heavy atom. The van der Waals surface area contributed by atoms with E-state index in [2.05, 4.69) is 5.32 Å². The van der Waals surface area contributed by atoms with Crippen molar-refractivity contribution in [2.24, 2.45) is 5.73 Å². The molecule has 0 spiro atoms. The van der Waals surface area contributed by atoms with E-state index >= 15 is 0 Å². The van der Waals surface area contributed by atoms with E-state index in [0.717, 1.165) is 0 Å². The number of benzene rings is 2. The molecule has 0 fully saturated rings. The van der Waals surface area contributed by atoms with Crippen molar-refractivity contribution in [3.63, 3.8) is 0 Å². The van der Waals surface area contributed by atoms with Crippen molar-refractivity contribution in [3.05, 3.63) is 59.7 Å². The lowest BCUT2D eigenvalue weighted by atomic mass is 10.2. The van der Waals surface area contributed by atoms with Crippen LogP contribution < -0.4 is 15.8 Å². The Morgan fingerprint density at radius 3 is 2.65 bits per heavy atom. The number of hydrogen-bond acceptors (Lipinski definition) is 4. The van der Waals surface area contributed by atoms with Crippen LogP contribution in [0.1, 0.15) is 22.8 Å². The number of amides is 2. The largest absolute Gasteiger partial charge is 0.480 e. The van der Waals surface area contributed by atoms with E-state index in [1.54, 1.807) is 49.4 Å². The molecule has 0 aromatic heterocycles. The smallest absolute Gasteiger partial charge is 0.265 e. The Labute approximate surface area is 133 Å². The maximum absolute atomic E-state index is 12.2. The first kappa shape index (κ1) is 16.0. The molecule has 0 radical (unpaired) electrons. The summed E-state index contributed by atoms with van der Waals surface area (Å²) in [5.41, 5.74) is 6.41. The van der Waals surface area contributed by atoms with Crippen LogP contribution in [0.5, 0.6) is 5.75 Å². The number of hydrogen-bond donors (Lipinski definition) is 2. The highest BCUT2D eigenvalue weighted by Gasteiger charge is 2.18. The monoisotopic (exact) mass is 309 g/mol. The molecule has 0 aliphatic rings. The molecule has 0 unspecified atom stereocenters. The van der Waals surface area contributed by atoms with Crippen LogP contribution in [0.15, 0.2) is 48.5 Å². The van der Waals surface area contributed by atoms with Gasteiger partial charge >= 0.3 is 0 Å². The second kappa shape index (κ2) is 7.09. The van der Waals surface area contributed by atoms with E-state index in [9.17, 15) is 9.59 Å². The van der Waals surface area contributed by atoms with Crippen LogP contribution in [0.4, 0.5) is 5.69 Å². The number of para-hydroxylation sites is 1. The van der Waals surface area contributed by atoms with Crippen LogP contribution in [0, 0.1) is 11.3 Å². The van der Waals surface area contributed by atoms with Gasteiger partial charge in [-0.1, -0.05) is 18.2 Å². The fourth-order valence-corrected chi connectivity index (χ4v) is 1.93. The van der Waals surface area contributed by atoms with E-state index in [-0.39, 0.29) is 11.3 Å². The predicted molar refractivity (Wildman–Crippen MR) is 84.8 cm³/mol. The summed E-state index contributed by atoms with van der Waals surface area (Å²) in [4.78, 5) is 23.5. The molecule has 2 aromatic rings. The molecule has 3 N–H and O–H groups in total. The first-order valence-corrected chi connectivity index (χ1v) is 6.88. The molecule has 1 atom stereocenters. The predicted octanol–water partition coefficient (Wildman–Crippen LogP) is 2.06. The summed E-state index contributed by atoms with van der Waals surface area (Å²) in [6, 6.07) is 15.0. The first-order chi connectivity index (χ1) is 11.0. The fraction of sp³-hybridized carbons (Fsp3) is 0.118. The summed E-state index contributed by atoms with van der Waals surface area (Å²) >= 11 is 0. The van der Waals surface area contributed by atoms with Gasteiger partial charge in [0.25, 0.3) is 11.8 Å². The highest BCUT2D eigenvalue weighted by Crippen LogP contribution is 2.19. The molecule has 0 aliphatic heterocycles. The van der Waals surface area contributed by atoms with Gasteiger partial charge in [0.15, 0.2) is 6.10 Å². The molecule has 116 valence electrons. The van der Waals surface area contributed by atoms with Crippen molar-refractivity contribution in [2.45, 2.75) is 13.0 Å². The molecule has 0 heterocycles. The van der Waals surface area contributed by atoms with Gasteiger partial charge in [-0.3, -0.25) is 9.59 Å². The molecule has 2 rings (SSSR count). The summed E-state index contributed by atoms with van der Waals surface area (Å²) in [5, 5.41) is 11.5. The molecular weight excluding hydrogens is 294 g/mol. The van der Waals surface area contributed by atoms with Crippen LogP contribution >= 0.6 is 0 Å². The standard InChI is InChI=1S/C17H15N3O3/c1-11(23-15-8-3-2-7-14(15)16(19)21)17(22)20-13-6-4-5-12(9-13)10-18/h2-9,11H,1H3,(H2,19,21)(H,20,22)/t11-/m1/s1. The third-order valence-electron chi connectivity index (χ3n) is 3.08. The number of rotatable bonds is 5. The second-order valence-corrected chi connectivity index (χ2v) is 4.80. The third-order valence-corrected chi connectivity index (χ3v) is 3.08. The van der Waals surface area contributed by atoms with Crippen LogP contribution in [0.25, 0.3) is 0 Å². The van der Waals surface area contributed by atoms with Gasteiger partial charge in [-0.15, -0.1) is 0 Å². The van der Waals surface area contributed by atoms with E-state index in [1.807, 2.05) is 6.07 Å². The summed E-state index contributed by atoms with van der Waals surface area (Å²) in [6.45, 7) is 1.56. The van der Waals surface area contributed by atoms with E-state index < -0.39 is 17.9 Å². The average Bonchev–Trinajstić information content (AvgIpc) is 2.55. The van der Waals surface area contributed by atoms with E-state index in [4.69, 9.17) is 15.7 Å². The Kier molecular flexibility index (Phi) is 4.95. The zero-order chi connectivity index (χ0) is 16.8. The minimum atomic E-state index is -0.846. The van der Waals surface area contributed by atoms with Gasteiger partial charge in [0, 0.05) is 5.69 Å². The summed E-state index contributed by atoms with van der Waals surface area (Å²) in [7, 11) is 0. The quantitative estimate of drug-likeness (QED) is 0.881. The van der Waals surface area contributed by atoms with Crippen molar-refractivity contribution in [3.8, 4) is 11.8 Å². The SMILES string of the molecule is C[C@@H](Oc1ccccc1C(N)=O)C(=O)Nc1cccc(C#N)c1. The first-order valence-electron chi connectivity index (χ1n) is 6.88. The number of nitrogens with two attached hydrogens (primary N) is 1. The van der Waals surface area contributed by atoms with Gasteiger partial charge < -0.3 is 15.8 Å². The fourth-order valence-electron chi connectivity index (χ4n) is 1.93. The van der Waals surface area contributed by atoms with E-state index in [0.29, 0.717) is 11.3 Å².